The minimum atomic E-state index is -4.27. The molecule has 1 rings (SSSR count). The van der Waals surface area contributed by atoms with E-state index in [1.807, 2.05) is 6.07 Å². The number of unbranched alkanes of at least 4 members (excludes halogenated alkanes) is 15. The molecule has 1 unspecified atom stereocenters. The molecular formula is C33H59F3P+. The van der Waals surface area contributed by atoms with Crippen molar-refractivity contribution in [2.45, 2.75) is 155 Å². The van der Waals surface area contributed by atoms with Crippen molar-refractivity contribution in [2.24, 2.45) is 0 Å². The first-order valence-corrected chi connectivity index (χ1v) is 18.2. The summed E-state index contributed by atoms with van der Waals surface area (Å²) in [6.45, 7) is 9.06. The molecule has 0 saturated carbocycles. The summed E-state index contributed by atoms with van der Waals surface area (Å²) in [4.78, 5) is 0. The molecule has 0 radical (unpaired) electrons. The summed E-state index contributed by atoms with van der Waals surface area (Å²) in [6.07, 6.45) is 22.8. The Morgan fingerprint density at radius 2 is 0.973 bits per heavy atom. The van der Waals surface area contributed by atoms with E-state index in [0.29, 0.717) is 0 Å². The standard InChI is InChI=1S/C33H59F3P/c1-5-8-11-14-17-20-26-37(27-21-18-15-12-9-6-2,28-22-19-16-13-10-7-3)30(4)31-24-23-25-32(29-31)33(34,35)36/h23-25,29-30H,5-22,26-28H2,1-4H3/q+1. The van der Waals surface area contributed by atoms with Crippen LogP contribution in [0.3, 0.4) is 0 Å². The van der Waals surface area contributed by atoms with Crippen molar-refractivity contribution in [1.29, 1.82) is 0 Å². The highest BCUT2D eigenvalue weighted by molar-refractivity contribution is 7.76. The van der Waals surface area contributed by atoms with Gasteiger partial charge in [0.2, 0.25) is 0 Å². The number of alkyl halides is 3. The molecule has 4 heteroatoms. The lowest BCUT2D eigenvalue weighted by atomic mass is 10.1. The Labute approximate surface area is 229 Å². The molecule has 37 heavy (non-hydrogen) atoms. The largest absolute Gasteiger partial charge is 0.416 e. The number of halogens is 3. The highest BCUT2D eigenvalue weighted by atomic mass is 31.2. The number of rotatable bonds is 23. The van der Waals surface area contributed by atoms with Gasteiger partial charge in [-0.15, -0.1) is 0 Å². The molecule has 0 heterocycles. The first-order valence-electron chi connectivity index (χ1n) is 15.8. The predicted molar refractivity (Wildman–Crippen MR) is 162 cm³/mol. The second-order valence-corrected chi connectivity index (χ2v) is 16.0. The van der Waals surface area contributed by atoms with Gasteiger partial charge in [0.25, 0.3) is 0 Å². The smallest absolute Gasteiger partial charge is 0.166 e. The second-order valence-electron chi connectivity index (χ2n) is 11.5. The van der Waals surface area contributed by atoms with Gasteiger partial charge < -0.3 is 0 Å². The Bertz CT molecular complexity index is 629. The van der Waals surface area contributed by atoms with Crippen LogP contribution in [0.1, 0.15) is 160 Å². The van der Waals surface area contributed by atoms with Crippen molar-refractivity contribution in [3.05, 3.63) is 35.4 Å². The van der Waals surface area contributed by atoms with E-state index >= 15 is 0 Å². The zero-order valence-electron chi connectivity index (χ0n) is 24.8. The third kappa shape index (κ3) is 14.4. The van der Waals surface area contributed by atoms with Gasteiger partial charge in [0, 0.05) is 7.26 Å². The summed E-state index contributed by atoms with van der Waals surface area (Å²) in [5.74, 6) is 0. The summed E-state index contributed by atoms with van der Waals surface area (Å²) in [7, 11) is -1.42. The highest BCUT2D eigenvalue weighted by Gasteiger charge is 2.43. The molecule has 0 bridgehead atoms. The van der Waals surface area contributed by atoms with Crippen LogP contribution in [0.15, 0.2) is 24.3 Å². The Kier molecular flexibility index (Phi) is 19.0. The van der Waals surface area contributed by atoms with Gasteiger partial charge in [-0.3, -0.25) is 0 Å². The molecular weight excluding hydrogens is 484 g/mol. The summed E-state index contributed by atoms with van der Waals surface area (Å²) in [5, 5.41) is 0. The molecule has 0 aliphatic heterocycles. The van der Waals surface area contributed by atoms with Crippen LogP contribution in [-0.2, 0) is 6.18 Å². The van der Waals surface area contributed by atoms with E-state index in [9.17, 15) is 13.2 Å². The molecule has 0 nitrogen and oxygen atoms in total. The molecule has 0 amide bonds. The maximum absolute atomic E-state index is 13.6. The lowest BCUT2D eigenvalue weighted by Crippen LogP contribution is -2.16. The van der Waals surface area contributed by atoms with Gasteiger partial charge in [-0.25, -0.2) is 0 Å². The van der Waals surface area contributed by atoms with Crippen molar-refractivity contribution < 1.29 is 13.2 Å². The molecule has 216 valence electrons. The van der Waals surface area contributed by atoms with E-state index in [0.717, 1.165) is 5.56 Å². The summed E-state index contributed by atoms with van der Waals surface area (Å²) in [5.41, 5.74) is 0.719. The fraction of sp³-hybridized carbons (Fsp3) is 0.818. The Morgan fingerprint density at radius 3 is 1.35 bits per heavy atom. The Hall–Kier alpha value is -0.560. The first-order chi connectivity index (χ1) is 17.8. The van der Waals surface area contributed by atoms with Gasteiger partial charge >= 0.3 is 6.18 Å². The van der Waals surface area contributed by atoms with E-state index in [1.54, 1.807) is 6.07 Å². The van der Waals surface area contributed by atoms with E-state index < -0.39 is 19.0 Å². The third-order valence-corrected chi connectivity index (χ3v) is 14.0. The van der Waals surface area contributed by atoms with Crippen molar-refractivity contribution >= 4 is 7.26 Å². The van der Waals surface area contributed by atoms with Crippen LogP contribution in [-0.4, -0.2) is 18.5 Å². The average molecular weight is 544 g/mol. The van der Waals surface area contributed by atoms with E-state index in [-0.39, 0.29) is 5.66 Å². The zero-order chi connectivity index (χ0) is 27.4. The van der Waals surface area contributed by atoms with Crippen LogP contribution in [0.2, 0.25) is 0 Å². The molecule has 1 aromatic carbocycles. The third-order valence-electron chi connectivity index (χ3n) is 8.39. The van der Waals surface area contributed by atoms with E-state index in [2.05, 4.69) is 27.7 Å². The summed E-state index contributed by atoms with van der Waals surface area (Å²) >= 11 is 0. The van der Waals surface area contributed by atoms with Gasteiger partial charge in [-0.05, 0) is 63.1 Å². The summed E-state index contributed by atoms with van der Waals surface area (Å²) in [6, 6.07) is 6.34. The van der Waals surface area contributed by atoms with Crippen LogP contribution in [0.5, 0.6) is 0 Å². The zero-order valence-corrected chi connectivity index (χ0v) is 25.7. The molecule has 0 fully saturated rings. The van der Waals surface area contributed by atoms with Gasteiger partial charge in [0.15, 0.2) is 0 Å². The van der Waals surface area contributed by atoms with E-state index in [1.165, 1.54) is 146 Å². The topological polar surface area (TPSA) is 0 Å². The SMILES string of the molecule is CCCCCCCC[P+](CCCCCCCC)(CCCCCCCC)C(C)c1cccc(C(F)(F)F)c1. The fourth-order valence-corrected chi connectivity index (χ4v) is 11.0. The fourth-order valence-electron chi connectivity index (χ4n) is 5.83. The number of benzene rings is 1. The minimum absolute atomic E-state index is 0.261. The van der Waals surface area contributed by atoms with Gasteiger partial charge in [-0.1, -0.05) is 110 Å². The minimum Gasteiger partial charge on any atom is -0.166 e. The number of hydrogen-bond donors (Lipinski definition) is 0. The molecule has 0 saturated heterocycles. The van der Waals surface area contributed by atoms with Crippen molar-refractivity contribution in [2.75, 3.05) is 18.5 Å². The Balaban J connectivity index is 3.07. The van der Waals surface area contributed by atoms with Gasteiger partial charge in [-0.2, -0.15) is 13.2 Å². The van der Waals surface area contributed by atoms with Crippen LogP contribution in [0, 0.1) is 0 Å². The van der Waals surface area contributed by atoms with Crippen molar-refractivity contribution in [1.82, 2.24) is 0 Å². The molecule has 1 aromatic rings. The quantitative estimate of drug-likeness (QED) is 0.0951. The monoisotopic (exact) mass is 543 g/mol. The molecule has 0 N–H and O–H groups in total. The van der Waals surface area contributed by atoms with Gasteiger partial charge in [0.05, 0.1) is 29.7 Å². The molecule has 0 aromatic heterocycles. The highest BCUT2D eigenvalue weighted by Crippen LogP contribution is 2.71. The van der Waals surface area contributed by atoms with E-state index in [4.69, 9.17) is 0 Å². The summed E-state index contributed by atoms with van der Waals surface area (Å²) < 4.78 is 40.8. The van der Waals surface area contributed by atoms with Crippen LogP contribution < -0.4 is 0 Å². The first kappa shape index (κ1) is 34.5. The number of hydrogen-bond acceptors (Lipinski definition) is 0. The maximum Gasteiger partial charge on any atom is 0.416 e. The lowest BCUT2D eigenvalue weighted by molar-refractivity contribution is -0.137. The predicted octanol–water partition coefficient (Wildman–Crippen LogP) is 12.9. The average Bonchev–Trinajstić information content (AvgIpc) is 2.88. The van der Waals surface area contributed by atoms with Crippen molar-refractivity contribution in [3.63, 3.8) is 0 Å². The maximum atomic E-state index is 13.6. The lowest BCUT2D eigenvalue weighted by Gasteiger charge is -2.34. The Morgan fingerprint density at radius 1 is 0.595 bits per heavy atom. The van der Waals surface area contributed by atoms with Crippen LogP contribution in [0.25, 0.3) is 0 Å². The normalized spacial score (nSPS) is 13.3. The van der Waals surface area contributed by atoms with Crippen LogP contribution in [0.4, 0.5) is 13.2 Å². The molecule has 0 aliphatic rings. The second kappa shape index (κ2) is 20.4. The van der Waals surface area contributed by atoms with Crippen LogP contribution >= 0.6 is 7.26 Å². The van der Waals surface area contributed by atoms with Gasteiger partial charge in [0.1, 0.15) is 0 Å². The van der Waals surface area contributed by atoms with Crippen molar-refractivity contribution in [3.8, 4) is 0 Å². The molecule has 0 spiro atoms. The molecule has 0 aliphatic carbocycles. The molecule has 1 atom stereocenters.